The van der Waals surface area contributed by atoms with Crippen LogP contribution in [0.1, 0.15) is 37.7 Å². The van der Waals surface area contributed by atoms with Gasteiger partial charge in [0.1, 0.15) is 5.78 Å². The molecule has 1 saturated carbocycles. The fourth-order valence-electron chi connectivity index (χ4n) is 3.63. The zero-order chi connectivity index (χ0) is 14.8. The average Bonchev–Trinajstić information content (AvgIpc) is 3.06. The van der Waals surface area contributed by atoms with Crippen molar-refractivity contribution >= 4 is 17.5 Å². The molecule has 1 saturated heterocycles. The van der Waals surface area contributed by atoms with Crippen LogP contribution in [-0.2, 0) is 4.79 Å². The number of ketones is 1. The largest absolute Gasteiger partial charge is 0.322 e. The molecule has 0 spiro atoms. The second-order valence-corrected chi connectivity index (χ2v) is 6.17. The van der Waals surface area contributed by atoms with Gasteiger partial charge in [-0.2, -0.15) is 0 Å². The van der Waals surface area contributed by atoms with Gasteiger partial charge in [-0.25, -0.2) is 4.79 Å². The van der Waals surface area contributed by atoms with E-state index in [9.17, 15) is 9.59 Å². The van der Waals surface area contributed by atoms with E-state index in [2.05, 4.69) is 5.32 Å². The number of nitrogens with one attached hydrogen (secondary N) is 1. The quantitative estimate of drug-likeness (QED) is 0.906. The summed E-state index contributed by atoms with van der Waals surface area (Å²) in [7, 11) is 0. The van der Waals surface area contributed by atoms with Gasteiger partial charge in [0.05, 0.1) is 0 Å². The maximum atomic E-state index is 12.5. The van der Waals surface area contributed by atoms with Gasteiger partial charge in [-0.3, -0.25) is 4.79 Å². The lowest BCUT2D eigenvalue weighted by molar-refractivity contribution is -0.121. The third kappa shape index (κ3) is 2.94. The first kappa shape index (κ1) is 14.1. The molecule has 21 heavy (non-hydrogen) atoms. The summed E-state index contributed by atoms with van der Waals surface area (Å²) < 4.78 is 0. The number of hydrogen-bond donors (Lipinski definition) is 1. The van der Waals surface area contributed by atoms with Crippen molar-refractivity contribution in [3.63, 3.8) is 0 Å². The molecule has 0 aromatic heterocycles. The second-order valence-electron chi connectivity index (χ2n) is 6.17. The SMILES string of the molecule is Cc1cccc(NC(=O)N2CCCC2C2CCCC2=O)c1. The summed E-state index contributed by atoms with van der Waals surface area (Å²) in [6.07, 6.45) is 4.56. The highest BCUT2D eigenvalue weighted by Crippen LogP contribution is 2.33. The number of urea groups is 1. The number of aryl methyl sites for hydroxylation is 1. The predicted molar refractivity (Wildman–Crippen MR) is 82.3 cm³/mol. The third-order valence-corrected chi connectivity index (χ3v) is 4.65. The maximum Gasteiger partial charge on any atom is 0.322 e. The number of Topliss-reactive ketones (excluding diaryl/α,β-unsaturated/α-hetero) is 1. The van der Waals surface area contributed by atoms with Crippen LogP contribution in [-0.4, -0.2) is 29.3 Å². The molecule has 1 aliphatic heterocycles. The summed E-state index contributed by atoms with van der Waals surface area (Å²) in [5.74, 6) is 0.408. The molecule has 2 unspecified atom stereocenters. The maximum absolute atomic E-state index is 12.5. The summed E-state index contributed by atoms with van der Waals surface area (Å²) in [4.78, 5) is 26.3. The Balaban J connectivity index is 1.70. The van der Waals surface area contributed by atoms with Crippen molar-refractivity contribution in [1.82, 2.24) is 4.90 Å². The Morgan fingerprint density at radius 2 is 2.14 bits per heavy atom. The second kappa shape index (κ2) is 5.88. The van der Waals surface area contributed by atoms with Crippen LogP contribution in [0.3, 0.4) is 0 Å². The molecule has 1 aliphatic carbocycles. The fourth-order valence-corrected chi connectivity index (χ4v) is 3.63. The first-order chi connectivity index (χ1) is 10.1. The molecule has 4 nitrogen and oxygen atoms in total. The molecule has 2 aliphatic rings. The first-order valence-electron chi connectivity index (χ1n) is 7.82. The topological polar surface area (TPSA) is 49.4 Å². The molecule has 0 bridgehead atoms. The van der Waals surface area contributed by atoms with Crippen molar-refractivity contribution in [2.24, 2.45) is 5.92 Å². The lowest BCUT2D eigenvalue weighted by Gasteiger charge is -2.28. The summed E-state index contributed by atoms with van der Waals surface area (Å²) in [5.41, 5.74) is 1.94. The average molecular weight is 286 g/mol. The van der Waals surface area contributed by atoms with Crippen molar-refractivity contribution in [1.29, 1.82) is 0 Å². The highest BCUT2D eigenvalue weighted by atomic mass is 16.2. The molecular formula is C17H22N2O2. The van der Waals surface area contributed by atoms with Gasteiger partial charge in [0.2, 0.25) is 0 Å². The molecule has 2 fully saturated rings. The molecule has 3 rings (SSSR count). The van der Waals surface area contributed by atoms with Gasteiger partial charge in [0.25, 0.3) is 0 Å². The molecule has 4 heteroatoms. The van der Waals surface area contributed by atoms with Gasteiger partial charge in [0.15, 0.2) is 0 Å². The van der Waals surface area contributed by atoms with Crippen LogP contribution in [0, 0.1) is 12.8 Å². The number of carbonyl (C=O) groups is 2. The van der Waals surface area contributed by atoms with E-state index in [0.717, 1.165) is 43.5 Å². The van der Waals surface area contributed by atoms with Gasteiger partial charge in [-0.1, -0.05) is 12.1 Å². The zero-order valence-electron chi connectivity index (χ0n) is 12.5. The van der Waals surface area contributed by atoms with Crippen LogP contribution in [0.15, 0.2) is 24.3 Å². The lowest BCUT2D eigenvalue weighted by Crippen LogP contribution is -2.43. The molecular weight excluding hydrogens is 264 g/mol. The van der Waals surface area contributed by atoms with E-state index in [0.29, 0.717) is 12.2 Å². The Labute approximate surface area is 125 Å². The van der Waals surface area contributed by atoms with E-state index < -0.39 is 0 Å². The van der Waals surface area contributed by atoms with Gasteiger partial charge >= 0.3 is 6.03 Å². The third-order valence-electron chi connectivity index (χ3n) is 4.65. The van der Waals surface area contributed by atoms with E-state index in [-0.39, 0.29) is 18.0 Å². The normalized spacial score (nSPS) is 25.4. The zero-order valence-corrected chi connectivity index (χ0v) is 12.5. The first-order valence-corrected chi connectivity index (χ1v) is 7.82. The minimum Gasteiger partial charge on any atom is -0.321 e. The van der Waals surface area contributed by atoms with Crippen molar-refractivity contribution in [3.05, 3.63) is 29.8 Å². The smallest absolute Gasteiger partial charge is 0.321 e. The van der Waals surface area contributed by atoms with E-state index in [1.807, 2.05) is 36.1 Å². The van der Waals surface area contributed by atoms with E-state index >= 15 is 0 Å². The van der Waals surface area contributed by atoms with E-state index in [1.165, 1.54) is 0 Å². The molecule has 1 aromatic carbocycles. The van der Waals surface area contributed by atoms with Crippen LogP contribution in [0.4, 0.5) is 10.5 Å². The van der Waals surface area contributed by atoms with E-state index in [1.54, 1.807) is 0 Å². The molecule has 1 aromatic rings. The Morgan fingerprint density at radius 1 is 1.29 bits per heavy atom. The van der Waals surface area contributed by atoms with Crippen LogP contribution in [0.25, 0.3) is 0 Å². The summed E-state index contributed by atoms with van der Waals surface area (Å²) in [6.45, 7) is 2.76. The lowest BCUT2D eigenvalue weighted by atomic mass is 9.95. The molecule has 1 N–H and O–H groups in total. The van der Waals surface area contributed by atoms with Gasteiger partial charge < -0.3 is 10.2 Å². The van der Waals surface area contributed by atoms with Crippen molar-refractivity contribution in [2.75, 3.05) is 11.9 Å². The monoisotopic (exact) mass is 286 g/mol. The Morgan fingerprint density at radius 3 is 2.86 bits per heavy atom. The molecule has 2 atom stereocenters. The van der Waals surface area contributed by atoms with Gasteiger partial charge in [-0.05, 0) is 50.3 Å². The van der Waals surface area contributed by atoms with E-state index in [4.69, 9.17) is 0 Å². The Bertz CT molecular complexity index is 555. The van der Waals surface area contributed by atoms with Crippen molar-refractivity contribution < 1.29 is 9.59 Å². The predicted octanol–water partition coefficient (Wildman–Crippen LogP) is 3.36. The summed E-state index contributed by atoms with van der Waals surface area (Å²) >= 11 is 0. The van der Waals surface area contributed by atoms with Crippen LogP contribution in [0.2, 0.25) is 0 Å². The number of benzene rings is 1. The molecule has 0 radical (unpaired) electrons. The number of rotatable bonds is 2. The van der Waals surface area contributed by atoms with Crippen molar-refractivity contribution in [2.45, 2.75) is 45.1 Å². The number of anilines is 1. The van der Waals surface area contributed by atoms with Crippen LogP contribution < -0.4 is 5.32 Å². The summed E-state index contributed by atoms with van der Waals surface area (Å²) in [6, 6.07) is 7.84. The minimum absolute atomic E-state index is 0.0655. The minimum atomic E-state index is -0.0669. The molecule has 1 heterocycles. The fraction of sp³-hybridized carbons (Fsp3) is 0.529. The highest BCUT2D eigenvalue weighted by molar-refractivity contribution is 5.91. The highest BCUT2D eigenvalue weighted by Gasteiger charge is 2.40. The molecule has 2 amide bonds. The number of nitrogens with zero attached hydrogens (tertiary/aromatic N) is 1. The summed E-state index contributed by atoms with van der Waals surface area (Å²) in [5, 5.41) is 2.97. The van der Waals surface area contributed by atoms with Crippen molar-refractivity contribution in [3.8, 4) is 0 Å². The standard InChI is InChI=1S/C17H22N2O2/c1-12-5-2-6-13(11-12)18-17(21)19-10-4-8-15(19)14-7-3-9-16(14)20/h2,5-6,11,14-15H,3-4,7-10H2,1H3,(H,18,21). The molecule has 112 valence electrons. The number of hydrogen-bond acceptors (Lipinski definition) is 2. The Kier molecular flexibility index (Phi) is 3.95. The van der Waals surface area contributed by atoms with Gasteiger partial charge in [-0.15, -0.1) is 0 Å². The van der Waals surface area contributed by atoms with Gasteiger partial charge in [0, 0.05) is 30.6 Å². The number of carbonyl (C=O) groups excluding carboxylic acids is 2. The Hall–Kier alpha value is -1.84. The van der Waals surface area contributed by atoms with Crippen LogP contribution >= 0.6 is 0 Å². The number of likely N-dealkylation sites (tertiary alicyclic amines) is 1. The number of amides is 2. The van der Waals surface area contributed by atoms with Crippen LogP contribution in [0.5, 0.6) is 0 Å².